The van der Waals surface area contributed by atoms with Crippen molar-refractivity contribution in [3.63, 3.8) is 0 Å². The summed E-state index contributed by atoms with van der Waals surface area (Å²) in [6.45, 7) is 0. The first-order chi connectivity index (χ1) is 13.7. The number of hydrogen-bond acceptors (Lipinski definition) is 5. The minimum Gasteiger partial charge on any atom is -0.313 e. The van der Waals surface area contributed by atoms with Crippen LogP contribution < -0.4 is 10.9 Å². The minimum atomic E-state index is -0.768. The lowest BCUT2D eigenvalue weighted by Gasteiger charge is -2.36. The molecule has 0 unspecified atom stereocenters. The Morgan fingerprint density at radius 1 is 1.04 bits per heavy atom. The number of anilines is 1. The monoisotopic (exact) mass is 380 g/mol. The average Bonchev–Trinajstić information content (AvgIpc) is 3.22. The summed E-state index contributed by atoms with van der Waals surface area (Å²) in [5.74, 6) is -0.139. The lowest BCUT2D eigenvalue weighted by Crippen LogP contribution is -2.47. The Balaban J connectivity index is 1.50. The summed E-state index contributed by atoms with van der Waals surface area (Å²) in [7, 11) is 0. The van der Waals surface area contributed by atoms with E-state index in [0.29, 0.717) is 24.2 Å². The zero-order valence-electron chi connectivity index (χ0n) is 15.3. The van der Waals surface area contributed by atoms with E-state index in [2.05, 4.69) is 21.0 Å². The molecular formula is C21H21FN4O2. The summed E-state index contributed by atoms with van der Waals surface area (Å²) in [6, 6.07) is 15.8. The van der Waals surface area contributed by atoms with Crippen LogP contribution >= 0.6 is 0 Å². The largest absolute Gasteiger partial charge is 0.340 e. The number of nitrogens with one attached hydrogen (secondary N) is 2. The van der Waals surface area contributed by atoms with E-state index in [1.807, 2.05) is 36.4 Å². The highest BCUT2D eigenvalue weighted by atomic mass is 19.1. The Morgan fingerprint density at radius 3 is 2.57 bits per heavy atom. The summed E-state index contributed by atoms with van der Waals surface area (Å²) in [6.07, 6.45) is 4.25. The molecule has 1 saturated carbocycles. The second-order valence-electron chi connectivity index (χ2n) is 7.02. The molecule has 1 heterocycles. The van der Waals surface area contributed by atoms with Crippen molar-refractivity contribution in [2.75, 3.05) is 5.43 Å². The first kappa shape index (κ1) is 18.2. The molecule has 1 fully saturated rings. The SMILES string of the molecule is O=C(NNc1nc(-c2ccccc2)no1)C1(c2cccc(F)c2)CCCCC1. The molecule has 144 valence electrons. The van der Waals surface area contributed by atoms with Crippen LogP contribution in [0.1, 0.15) is 37.7 Å². The maximum Gasteiger partial charge on any atom is 0.340 e. The van der Waals surface area contributed by atoms with Crippen LogP contribution in [0, 0.1) is 5.82 Å². The van der Waals surface area contributed by atoms with Crippen molar-refractivity contribution < 1.29 is 13.7 Å². The zero-order chi connectivity index (χ0) is 19.4. The predicted molar refractivity (Wildman–Crippen MR) is 103 cm³/mol. The molecule has 0 aliphatic heterocycles. The van der Waals surface area contributed by atoms with Crippen molar-refractivity contribution >= 4 is 11.9 Å². The van der Waals surface area contributed by atoms with Gasteiger partial charge in [-0.15, -0.1) is 0 Å². The first-order valence-corrected chi connectivity index (χ1v) is 9.39. The van der Waals surface area contributed by atoms with E-state index >= 15 is 0 Å². The number of amides is 1. The zero-order valence-corrected chi connectivity index (χ0v) is 15.3. The molecule has 4 rings (SSSR count). The number of hydrazine groups is 1. The molecule has 0 saturated heterocycles. The van der Waals surface area contributed by atoms with E-state index in [1.54, 1.807) is 6.07 Å². The van der Waals surface area contributed by atoms with Gasteiger partial charge in [-0.3, -0.25) is 10.2 Å². The van der Waals surface area contributed by atoms with Gasteiger partial charge in [0.25, 0.3) is 0 Å². The predicted octanol–water partition coefficient (Wildman–Crippen LogP) is 4.22. The van der Waals surface area contributed by atoms with Gasteiger partial charge in [-0.1, -0.05) is 66.9 Å². The van der Waals surface area contributed by atoms with Crippen LogP contribution in [0.15, 0.2) is 59.1 Å². The molecule has 28 heavy (non-hydrogen) atoms. The topological polar surface area (TPSA) is 80.0 Å². The smallest absolute Gasteiger partial charge is 0.313 e. The van der Waals surface area contributed by atoms with Gasteiger partial charge in [0.15, 0.2) is 0 Å². The standard InChI is InChI=1S/C21H21FN4O2/c22-17-11-7-10-16(14-17)21(12-5-2-6-13-21)19(27)24-25-20-23-18(26-28-20)15-8-3-1-4-9-15/h1,3-4,7-11,14H,2,5-6,12-13H2,(H,24,27)(H,23,25,26). The van der Waals surface area contributed by atoms with Crippen LogP contribution in [0.25, 0.3) is 11.4 Å². The van der Waals surface area contributed by atoms with Gasteiger partial charge in [-0.2, -0.15) is 4.98 Å². The average molecular weight is 380 g/mol. The van der Waals surface area contributed by atoms with Crippen LogP contribution in [0.5, 0.6) is 0 Å². The molecule has 2 aromatic carbocycles. The summed E-state index contributed by atoms with van der Waals surface area (Å²) in [4.78, 5) is 17.3. The highest BCUT2D eigenvalue weighted by Gasteiger charge is 2.41. The number of hydrogen-bond donors (Lipinski definition) is 2. The van der Waals surface area contributed by atoms with E-state index in [4.69, 9.17) is 4.52 Å². The molecule has 0 radical (unpaired) electrons. The molecule has 1 amide bonds. The molecule has 2 N–H and O–H groups in total. The molecule has 1 aliphatic rings. The van der Waals surface area contributed by atoms with Crippen LogP contribution in [0.2, 0.25) is 0 Å². The number of benzene rings is 2. The number of carbonyl (C=O) groups is 1. The van der Waals surface area contributed by atoms with E-state index in [0.717, 1.165) is 24.8 Å². The molecule has 7 heteroatoms. The second-order valence-corrected chi connectivity index (χ2v) is 7.02. The normalized spacial score (nSPS) is 15.8. The highest BCUT2D eigenvalue weighted by Crippen LogP contribution is 2.40. The lowest BCUT2D eigenvalue weighted by molar-refractivity contribution is -0.127. The van der Waals surface area contributed by atoms with Gasteiger partial charge in [-0.05, 0) is 30.5 Å². The molecule has 1 aliphatic carbocycles. The molecule has 0 bridgehead atoms. The van der Waals surface area contributed by atoms with Crippen molar-refractivity contribution in [1.29, 1.82) is 0 Å². The van der Waals surface area contributed by atoms with Gasteiger partial charge in [0.05, 0.1) is 5.41 Å². The van der Waals surface area contributed by atoms with Gasteiger partial charge in [0.2, 0.25) is 11.7 Å². The van der Waals surface area contributed by atoms with Gasteiger partial charge in [0, 0.05) is 5.56 Å². The molecule has 3 aromatic rings. The van der Waals surface area contributed by atoms with E-state index in [1.165, 1.54) is 12.1 Å². The second kappa shape index (κ2) is 7.80. The Kier molecular flexibility index (Phi) is 5.06. The third-order valence-corrected chi connectivity index (χ3v) is 5.26. The Hall–Kier alpha value is -3.22. The molecule has 0 spiro atoms. The maximum atomic E-state index is 13.8. The van der Waals surface area contributed by atoms with Crippen LogP contribution in [-0.2, 0) is 10.2 Å². The van der Waals surface area contributed by atoms with Crippen LogP contribution in [0.4, 0.5) is 10.4 Å². The fourth-order valence-electron chi connectivity index (χ4n) is 3.80. The molecule has 6 nitrogen and oxygen atoms in total. The van der Waals surface area contributed by atoms with Gasteiger partial charge in [0.1, 0.15) is 5.82 Å². The van der Waals surface area contributed by atoms with Crippen molar-refractivity contribution in [2.24, 2.45) is 0 Å². The van der Waals surface area contributed by atoms with E-state index in [-0.39, 0.29) is 17.7 Å². The van der Waals surface area contributed by atoms with Gasteiger partial charge >= 0.3 is 6.01 Å². The fraction of sp³-hybridized carbons (Fsp3) is 0.286. The number of nitrogens with zero attached hydrogens (tertiary/aromatic N) is 2. The number of carbonyl (C=O) groups excluding carboxylic acids is 1. The summed E-state index contributed by atoms with van der Waals surface area (Å²) >= 11 is 0. The third-order valence-electron chi connectivity index (χ3n) is 5.26. The third kappa shape index (κ3) is 3.60. The molecule has 1 aromatic heterocycles. The highest BCUT2D eigenvalue weighted by molar-refractivity contribution is 5.89. The van der Waals surface area contributed by atoms with Crippen molar-refractivity contribution in [1.82, 2.24) is 15.6 Å². The van der Waals surface area contributed by atoms with Crippen LogP contribution in [0.3, 0.4) is 0 Å². The van der Waals surface area contributed by atoms with E-state index in [9.17, 15) is 9.18 Å². The quantitative estimate of drug-likeness (QED) is 0.648. The first-order valence-electron chi connectivity index (χ1n) is 9.39. The minimum absolute atomic E-state index is 0.0948. The molecular weight excluding hydrogens is 359 g/mol. The van der Waals surface area contributed by atoms with E-state index < -0.39 is 5.41 Å². The Bertz CT molecular complexity index is 952. The number of halogens is 1. The van der Waals surface area contributed by atoms with Gasteiger partial charge in [-0.25, -0.2) is 9.82 Å². The maximum absolute atomic E-state index is 13.8. The fourth-order valence-corrected chi connectivity index (χ4v) is 3.80. The van der Waals surface area contributed by atoms with Gasteiger partial charge < -0.3 is 4.52 Å². The number of aromatic nitrogens is 2. The molecule has 0 atom stereocenters. The Labute approximate surface area is 162 Å². The summed E-state index contributed by atoms with van der Waals surface area (Å²) in [5.41, 5.74) is 6.13. The van der Waals surface area contributed by atoms with Crippen molar-refractivity contribution in [3.05, 3.63) is 66.0 Å². The van der Waals surface area contributed by atoms with Crippen molar-refractivity contribution in [2.45, 2.75) is 37.5 Å². The summed E-state index contributed by atoms with van der Waals surface area (Å²) < 4.78 is 19.0. The van der Waals surface area contributed by atoms with Crippen molar-refractivity contribution in [3.8, 4) is 11.4 Å². The Morgan fingerprint density at radius 2 is 1.82 bits per heavy atom. The van der Waals surface area contributed by atoms with Crippen LogP contribution in [-0.4, -0.2) is 16.0 Å². The number of rotatable bonds is 5. The lowest BCUT2D eigenvalue weighted by atomic mass is 9.69. The summed E-state index contributed by atoms with van der Waals surface area (Å²) in [5, 5.41) is 3.91.